The second-order valence-electron chi connectivity index (χ2n) is 5.11. The minimum atomic E-state index is -3.64. The Morgan fingerprint density at radius 3 is 2.50 bits per heavy atom. The van der Waals surface area contributed by atoms with E-state index in [9.17, 15) is 18.5 Å². The van der Waals surface area contributed by atoms with Gasteiger partial charge in [0, 0.05) is 12.1 Å². The lowest BCUT2D eigenvalue weighted by Crippen LogP contribution is -2.16. The van der Waals surface area contributed by atoms with Crippen LogP contribution in [-0.2, 0) is 15.8 Å². The van der Waals surface area contributed by atoms with Gasteiger partial charge in [0.1, 0.15) is 0 Å². The third-order valence-electron chi connectivity index (χ3n) is 3.13. The van der Waals surface area contributed by atoms with Crippen LogP contribution in [0.25, 0.3) is 0 Å². The van der Waals surface area contributed by atoms with Gasteiger partial charge in [0.2, 0.25) is 10.0 Å². The molecule has 0 bridgehead atoms. The van der Waals surface area contributed by atoms with Gasteiger partial charge in [0.05, 0.1) is 16.4 Å². The van der Waals surface area contributed by atoms with Crippen molar-refractivity contribution < 1.29 is 13.3 Å². The van der Waals surface area contributed by atoms with Crippen molar-refractivity contribution in [2.24, 2.45) is 0 Å². The van der Waals surface area contributed by atoms with Crippen molar-refractivity contribution in [3.63, 3.8) is 0 Å². The fraction of sp³-hybridized carbons (Fsp3) is 0.200. The zero-order chi connectivity index (χ0) is 16.3. The summed E-state index contributed by atoms with van der Waals surface area (Å²) >= 11 is 0. The van der Waals surface area contributed by atoms with Crippen molar-refractivity contribution in [2.45, 2.75) is 19.6 Å². The van der Waals surface area contributed by atoms with E-state index in [1.165, 1.54) is 18.2 Å². The number of anilines is 1. The number of nitrogens with one attached hydrogen (secondary N) is 1. The molecule has 2 aromatic rings. The molecule has 0 aromatic heterocycles. The zero-order valence-electron chi connectivity index (χ0n) is 12.2. The SMILES string of the molecule is Cc1ccc(NS(=O)(=O)Cc2cccc([N+](=O)[O-])c2)c(C)c1. The van der Waals surface area contributed by atoms with Crippen LogP contribution in [0.3, 0.4) is 0 Å². The van der Waals surface area contributed by atoms with E-state index in [2.05, 4.69) is 4.72 Å². The summed E-state index contributed by atoms with van der Waals surface area (Å²) in [5.41, 5.74) is 2.61. The first-order chi connectivity index (χ1) is 10.3. The van der Waals surface area contributed by atoms with E-state index in [1.807, 2.05) is 26.0 Å². The van der Waals surface area contributed by atoms with Gasteiger partial charge in [-0.3, -0.25) is 14.8 Å². The van der Waals surface area contributed by atoms with Crippen LogP contribution in [0, 0.1) is 24.0 Å². The lowest BCUT2D eigenvalue weighted by molar-refractivity contribution is -0.384. The molecule has 0 spiro atoms. The topological polar surface area (TPSA) is 89.3 Å². The molecule has 0 heterocycles. The van der Waals surface area contributed by atoms with Crippen LogP contribution in [0.4, 0.5) is 11.4 Å². The third-order valence-corrected chi connectivity index (χ3v) is 4.37. The highest BCUT2D eigenvalue weighted by Crippen LogP contribution is 2.20. The summed E-state index contributed by atoms with van der Waals surface area (Å²) in [4.78, 5) is 10.2. The summed E-state index contributed by atoms with van der Waals surface area (Å²) in [5, 5.41) is 10.7. The highest BCUT2D eigenvalue weighted by Gasteiger charge is 2.15. The molecule has 116 valence electrons. The number of hydrogen-bond donors (Lipinski definition) is 1. The Morgan fingerprint density at radius 1 is 1.14 bits per heavy atom. The highest BCUT2D eigenvalue weighted by molar-refractivity contribution is 7.91. The standard InChI is InChI=1S/C15H16N2O4S/c1-11-6-7-15(12(2)8-11)16-22(20,21)10-13-4-3-5-14(9-13)17(18)19/h3-9,16H,10H2,1-2H3. The van der Waals surface area contributed by atoms with Gasteiger partial charge < -0.3 is 0 Å². The monoisotopic (exact) mass is 320 g/mol. The Balaban J connectivity index is 2.21. The maximum Gasteiger partial charge on any atom is 0.269 e. The molecular formula is C15H16N2O4S. The number of nitro groups is 1. The van der Waals surface area contributed by atoms with Crippen LogP contribution in [0.15, 0.2) is 42.5 Å². The largest absolute Gasteiger partial charge is 0.283 e. The molecule has 0 aliphatic heterocycles. The van der Waals surface area contributed by atoms with Crippen LogP contribution in [0.5, 0.6) is 0 Å². The maximum absolute atomic E-state index is 12.2. The maximum atomic E-state index is 12.2. The highest BCUT2D eigenvalue weighted by atomic mass is 32.2. The number of nitro benzene ring substituents is 1. The zero-order valence-corrected chi connectivity index (χ0v) is 13.1. The summed E-state index contributed by atoms with van der Waals surface area (Å²) in [6.07, 6.45) is 0. The second kappa shape index (κ2) is 6.15. The second-order valence-corrected chi connectivity index (χ2v) is 6.83. The normalized spacial score (nSPS) is 11.2. The van der Waals surface area contributed by atoms with E-state index in [0.717, 1.165) is 11.1 Å². The lowest BCUT2D eigenvalue weighted by Gasteiger charge is -2.11. The molecule has 0 aliphatic carbocycles. The van der Waals surface area contributed by atoms with Crippen molar-refractivity contribution in [3.05, 3.63) is 69.3 Å². The predicted molar refractivity (Wildman–Crippen MR) is 85.3 cm³/mol. The minimum absolute atomic E-state index is 0.126. The first kappa shape index (κ1) is 16.0. The van der Waals surface area contributed by atoms with Crippen LogP contribution in [0.1, 0.15) is 16.7 Å². The number of benzene rings is 2. The molecule has 1 N–H and O–H groups in total. The summed E-state index contributed by atoms with van der Waals surface area (Å²) in [5.74, 6) is -0.317. The van der Waals surface area contributed by atoms with Gasteiger partial charge in [-0.25, -0.2) is 8.42 Å². The Bertz CT molecular complexity index is 816. The van der Waals surface area contributed by atoms with Gasteiger partial charge in [0.25, 0.3) is 5.69 Å². The number of sulfonamides is 1. The van der Waals surface area contributed by atoms with Crippen molar-refractivity contribution in [1.82, 2.24) is 0 Å². The molecule has 0 amide bonds. The summed E-state index contributed by atoms with van der Waals surface area (Å²) in [7, 11) is -3.64. The van der Waals surface area contributed by atoms with E-state index in [4.69, 9.17) is 0 Å². The summed E-state index contributed by atoms with van der Waals surface area (Å²) < 4.78 is 26.9. The molecule has 0 saturated heterocycles. The molecule has 0 saturated carbocycles. The average Bonchev–Trinajstić information content (AvgIpc) is 2.41. The van der Waals surface area contributed by atoms with Gasteiger partial charge in [0.15, 0.2) is 0 Å². The summed E-state index contributed by atoms with van der Waals surface area (Å²) in [6.45, 7) is 3.74. The molecule has 0 atom stereocenters. The first-order valence-electron chi connectivity index (χ1n) is 6.58. The van der Waals surface area contributed by atoms with Crippen LogP contribution < -0.4 is 4.72 Å². The molecule has 7 heteroatoms. The van der Waals surface area contributed by atoms with Crippen molar-refractivity contribution in [2.75, 3.05) is 4.72 Å². The molecule has 22 heavy (non-hydrogen) atoms. The van der Waals surface area contributed by atoms with Gasteiger partial charge >= 0.3 is 0 Å². The number of nitrogens with zero attached hydrogens (tertiary/aromatic N) is 1. The molecular weight excluding hydrogens is 304 g/mol. The average molecular weight is 320 g/mol. The van der Waals surface area contributed by atoms with E-state index in [-0.39, 0.29) is 11.4 Å². The Kier molecular flexibility index (Phi) is 4.46. The Hall–Kier alpha value is -2.41. The summed E-state index contributed by atoms with van der Waals surface area (Å²) in [6, 6.07) is 11.0. The quantitative estimate of drug-likeness (QED) is 0.677. The predicted octanol–water partition coefficient (Wildman–Crippen LogP) is 3.15. The molecule has 0 fully saturated rings. The van der Waals surface area contributed by atoms with Gasteiger partial charge in [-0.1, -0.05) is 29.8 Å². The third kappa shape index (κ3) is 4.05. The Morgan fingerprint density at radius 2 is 1.86 bits per heavy atom. The van der Waals surface area contributed by atoms with E-state index >= 15 is 0 Å². The van der Waals surface area contributed by atoms with Crippen molar-refractivity contribution >= 4 is 21.4 Å². The minimum Gasteiger partial charge on any atom is -0.283 e. The number of rotatable bonds is 5. The van der Waals surface area contributed by atoms with E-state index in [0.29, 0.717) is 11.3 Å². The molecule has 2 aromatic carbocycles. The van der Waals surface area contributed by atoms with E-state index < -0.39 is 14.9 Å². The van der Waals surface area contributed by atoms with Gasteiger partial charge in [-0.2, -0.15) is 0 Å². The fourth-order valence-electron chi connectivity index (χ4n) is 2.11. The molecule has 0 unspecified atom stereocenters. The van der Waals surface area contributed by atoms with Crippen LogP contribution in [-0.4, -0.2) is 13.3 Å². The first-order valence-corrected chi connectivity index (χ1v) is 8.23. The van der Waals surface area contributed by atoms with Gasteiger partial charge in [-0.05, 0) is 31.0 Å². The Labute approximate surface area is 129 Å². The smallest absolute Gasteiger partial charge is 0.269 e. The van der Waals surface area contributed by atoms with Crippen LogP contribution >= 0.6 is 0 Å². The van der Waals surface area contributed by atoms with Gasteiger partial charge in [-0.15, -0.1) is 0 Å². The molecule has 0 aliphatic rings. The number of aryl methyl sites for hydroxylation is 2. The van der Waals surface area contributed by atoms with Crippen LogP contribution in [0.2, 0.25) is 0 Å². The molecule has 0 radical (unpaired) electrons. The number of non-ortho nitro benzene ring substituents is 1. The number of hydrogen-bond acceptors (Lipinski definition) is 4. The van der Waals surface area contributed by atoms with E-state index in [1.54, 1.807) is 12.1 Å². The molecule has 2 rings (SSSR count). The molecule has 6 nitrogen and oxygen atoms in total. The fourth-order valence-corrected chi connectivity index (χ4v) is 3.37. The van der Waals surface area contributed by atoms with Crippen molar-refractivity contribution in [3.8, 4) is 0 Å². The van der Waals surface area contributed by atoms with Crippen molar-refractivity contribution in [1.29, 1.82) is 0 Å². The lowest BCUT2D eigenvalue weighted by atomic mass is 10.1.